The topological polar surface area (TPSA) is 75.0 Å². The minimum absolute atomic E-state index is 0.544. The van der Waals surface area contributed by atoms with Gasteiger partial charge in [-0.25, -0.2) is 4.79 Å². The Balaban J connectivity index is 2.98. The molecule has 1 N–H and O–H groups in total. The van der Waals surface area contributed by atoms with Gasteiger partial charge in [-0.1, -0.05) is 0 Å². The zero-order chi connectivity index (χ0) is 6.85. The molecule has 5 nitrogen and oxygen atoms in total. The molecule has 0 aliphatic heterocycles. The van der Waals surface area contributed by atoms with Crippen molar-refractivity contribution in [1.82, 2.24) is 9.78 Å². The smallest absolute Gasteiger partial charge is 0.432 e. The summed E-state index contributed by atoms with van der Waals surface area (Å²) in [7, 11) is 0. The summed E-state index contributed by atoms with van der Waals surface area (Å²) in [5.41, 5.74) is 0. The molecule has 0 atom stereocenters. The van der Waals surface area contributed by atoms with Crippen LogP contribution in [-0.4, -0.2) is 21.0 Å². The van der Waals surface area contributed by atoms with Crippen molar-refractivity contribution in [3.05, 3.63) is 12.3 Å². The molecular weight excluding hydrogens is 124 g/mol. The first-order valence-electron chi connectivity index (χ1n) is 2.16. The number of hydrogen-bond acceptors (Lipinski definition) is 2. The monoisotopic (exact) mass is 127 g/mol. The van der Waals surface area contributed by atoms with Gasteiger partial charge in [-0.3, -0.25) is 5.11 Å². The molecule has 0 aliphatic carbocycles. The second-order valence-electron chi connectivity index (χ2n) is 1.38. The van der Waals surface area contributed by atoms with Crippen LogP contribution in [0.1, 0.15) is 0 Å². The van der Waals surface area contributed by atoms with Gasteiger partial charge in [0.25, 0.3) is 5.88 Å². The Bertz CT molecular complexity index is 229. The van der Waals surface area contributed by atoms with Gasteiger partial charge < -0.3 is 5.11 Å². The number of carbonyl (C=O) groups is 1. The highest BCUT2D eigenvalue weighted by Crippen LogP contribution is 2.01. The third-order valence-corrected chi connectivity index (χ3v) is 0.761. The third kappa shape index (κ3) is 0.987. The zero-order valence-electron chi connectivity index (χ0n) is 4.31. The molecule has 0 aliphatic rings. The predicted molar refractivity (Wildman–Crippen MR) is 25.8 cm³/mol. The van der Waals surface area contributed by atoms with Gasteiger partial charge in [-0.05, 0) is 0 Å². The van der Waals surface area contributed by atoms with Crippen molar-refractivity contribution in [2.24, 2.45) is 0 Å². The van der Waals surface area contributed by atoms with Crippen LogP contribution in [0.25, 0.3) is 0 Å². The van der Waals surface area contributed by atoms with E-state index in [9.17, 15) is 9.90 Å². The highest BCUT2D eigenvalue weighted by atomic mass is 16.4. The average molecular weight is 127 g/mol. The van der Waals surface area contributed by atoms with Gasteiger partial charge >= 0.3 is 6.09 Å². The second kappa shape index (κ2) is 1.77. The Morgan fingerprint density at radius 1 is 1.78 bits per heavy atom. The van der Waals surface area contributed by atoms with E-state index < -0.39 is 12.0 Å². The van der Waals surface area contributed by atoms with E-state index in [0.29, 0.717) is 4.68 Å². The maximum atomic E-state index is 10.2. The number of rotatable bonds is 0. The predicted octanol–water partition coefficient (Wildman–Crippen LogP) is 0.553. The number of hydrogen-bond donors (Lipinski definition) is 1. The maximum Gasteiger partial charge on any atom is 0.432 e. The zero-order valence-corrected chi connectivity index (χ0v) is 4.31. The molecular formula is C4H3N2O3. The van der Waals surface area contributed by atoms with Crippen molar-refractivity contribution >= 4 is 6.09 Å². The third-order valence-electron chi connectivity index (χ3n) is 0.761. The first-order chi connectivity index (χ1) is 4.20. The fourth-order valence-corrected chi connectivity index (χ4v) is 0.414. The van der Waals surface area contributed by atoms with E-state index in [2.05, 4.69) is 5.10 Å². The summed E-state index contributed by atoms with van der Waals surface area (Å²) in [6.07, 6.45) is -0.165. The molecule has 47 valence electrons. The van der Waals surface area contributed by atoms with Gasteiger partial charge in [0.05, 0.1) is 0 Å². The van der Waals surface area contributed by atoms with Gasteiger partial charge in [0.15, 0.2) is 0 Å². The number of aromatic nitrogens is 2. The number of nitrogens with zero attached hydrogens (tertiary/aromatic N) is 2. The molecule has 9 heavy (non-hydrogen) atoms. The summed E-state index contributed by atoms with van der Waals surface area (Å²) in [6.45, 7) is 0. The highest BCUT2D eigenvalue weighted by Gasteiger charge is 2.02. The Hall–Kier alpha value is -1.52. The van der Waals surface area contributed by atoms with Crippen molar-refractivity contribution in [2.75, 3.05) is 0 Å². The lowest BCUT2D eigenvalue weighted by Crippen LogP contribution is -2.07. The number of carboxylic acid groups (broad SMARTS) is 1. The van der Waals surface area contributed by atoms with E-state index in [0.717, 1.165) is 12.3 Å². The van der Waals surface area contributed by atoms with Gasteiger partial charge in [-0.2, -0.15) is 4.68 Å². The van der Waals surface area contributed by atoms with E-state index in [1.807, 2.05) is 0 Å². The van der Waals surface area contributed by atoms with E-state index in [1.165, 1.54) is 0 Å². The van der Waals surface area contributed by atoms with Crippen LogP contribution >= 0.6 is 0 Å². The van der Waals surface area contributed by atoms with Gasteiger partial charge in [0, 0.05) is 12.3 Å². The lowest BCUT2D eigenvalue weighted by molar-refractivity contribution is 0.191. The average Bonchev–Trinajstić information content (AvgIpc) is 2.14. The molecule has 0 unspecified atom stereocenters. The van der Waals surface area contributed by atoms with Gasteiger partial charge in [0.1, 0.15) is 0 Å². The van der Waals surface area contributed by atoms with E-state index in [1.54, 1.807) is 0 Å². The quantitative estimate of drug-likeness (QED) is 0.553. The van der Waals surface area contributed by atoms with Crippen LogP contribution in [-0.2, 0) is 5.11 Å². The molecule has 0 spiro atoms. The Morgan fingerprint density at radius 3 is 2.67 bits per heavy atom. The molecule has 0 saturated heterocycles. The van der Waals surface area contributed by atoms with Crippen LogP contribution in [0, 0.1) is 0 Å². The summed E-state index contributed by atoms with van der Waals surface area (Å²) < 4.78 is 0.558. The van der Waals surface area contributed by atoms with E-state index in [-0.39, 0.29) is 0 Å². The van der Waals surface area contributed by atoms with Crippen LogP contribution in [0.2, 0.25) is 0 Å². The molecule has 0 bridgehead atoms. The van der Waals surface area contributed by atoms with Crippen molar-refractivity contribution < 1.29 is 15.0 Å². The Labute approximate surface area is 50.2 Å². The molecule has 0 saturated carbocycles. The molecule has 5 heteroatoms. The SMILES string of the molecule is [O]c1ccn(C(=O)O)n1. The highest BCUT2D eigenvalue weighted by molar-refractivity contribution is 5.66. The first kappa shape index (κ1) is 5.61. The largest absolute Gasteiger partial charge is 0.463 e. The lowest BCUT2D eigenvalue weighted by Gasteiger charge is -1.85. The molecule has 0 aromatic carbocycles. The molecule has 1 aromatic heterocycles. The molecule has 0 fully saturated rings. The van der Waals surface area contributed by atoms with Crippen molar-refractivity contribution in [1.29, 1.82) is 0 Å². The minimum Gasteiger partial charge on any atom is -0.463 e. The van der Waals surface area contributed by atoms with Crippen molar-refractivity contribution in [2.45, 2.75) is 0 Å². The normalized spacial score (nSPS) is 9.33. The van der Waals surface area contributed by atoms with Gasteiger partial charge in [0.2, 0.25) is 0 Å². The van der Waals surface area contributed by atoms with Crippen LogP contribution in [0.15, 0.2) is 12.3 Å². The maximum absolute atomic E-state index is 10.2. The molecule has 1 rings (SSSR count). The van der Waals surface area contributed by atoms with Gasteiger partial charge in [-0.15, -0.1) is 5.10 Å². The molecule has 1 aromatic rings. The van der Waals surface area contributed by atoms with Crippen LogP contribution < -0.4 is 0 Å². The fraction of sp³-hybridized carbons (Fsp3) is 0. The lowest BCUT2D eigenvalue weighted by atomic mass is 10.7. The Kier molecular flexibility index (Phi) is 1.11. The summed E-state index contributed by atoms with van der Waals surface area (Å²) in [5, 5.41) is 21.4. The standard InChI is InChI=1S/C4H3N2O3/c7-3-1-2-6(5-3)4(8)9/h1-2H,(H,8,9). The summed E-state index contributed by atoms with van der Waals surface area (Å²) in [5.74, 6) is -0.544. The van der Waals surface area contributed by atoms with Crippen molar-refractivity contribution in [3.8, 4) is 5.88 Å². The molecule has 1 radical (unpaired) electrons. The first-order valence-corrected chi connectivity index (χ1v) is 2.16. The summed E-state index contributed by atoms with van der Waals surface area (Å²) in [6, 6.07) is 1.08. The summed E-state index contributed by atoms with van der Waals surface area (Å²) in [4.78, 5) is 9.98. The minimum atomic E-state index is -1.25. The van der Waals surface area contributed by atoms with Crippen LogP contribution in [0.3, 0.4) is 0 Å². The van der Waals surface area contributed by atoms with E-state index in [4.69, 9.17) is 5.11 Å². The van der Waals surface area contributed by atoms with Crippen LogP contribution in [0.4, 0.5) is 4.79 Å². The van der Waals surface area contributed by atoms with Crippen molar-refractivity contribution in [3.63, 3.8) is 0 Å². The molecule has 0 amide bonds. The van der Waals surface area contributed by atoms with Crippen LogP contribution in [0.5, 0.6) is 5.88 Å². The fourth-order valence-electron chi connectivity index (χ4n) is 0.414. The summed E-state index contributed by atoms with van der Waals surface area (Å²) >= 11 is 0. The second-order valence-corrected chi connectivity index (χ2v) is 1.38. The van der Waals surface area contributed by atoms with E-state index >= 15 is 0 Å². The Morgan fingerprint density at radius 2 is 2.44 bits per heavy atom. The molecule has 1 heterocycles.